The van der Waals surface area contributed by atoms with E-state index in [1.807, 2.05) is 34.9 Å². The van der Waals surface area contributed by atoms with Gasteiger partial charge in [0.2, 0.25) is 5.91 Å². The zero-order valence-corrected chi connectivity index (χ0v) is 16.2. The molecule has 0 radical (unpaired) electrons. The lowest BCUT2D eigenvalue weighted by atomic mass is 10.1. The highest BCUT2D eigenvalue weighted by Crippen LogP contribution is 2.23. The standard InChI is InChI=1S/C21H21FN4OS/c1-2-14-26-20(17-9-4-3-5-10-17)24-25-21(26)28-15-19(27)23-13-12-16-8-6-7-11-18(16)22/h2-11H,1,12-15H2,(H,23,27). The van der Waals surface area contributed by atoms with E-state index in [1.165, 1.54) is 17.8 Å². The lowest BCUT2D eigenvalue weighted by Gasteiger charge is -2.08. The molecule has 0 aliphatic rings. The van der Waals surface area contributed by atoms with Crippen LogP contribution in [0.15, 0.2) is 72.4 Å². The van der Waals surface area contributed by atoms with E-state index in [0.29, 0.717) is 30.2 Å². The van der Waals surface area contributed by atoms with Crippen molar-refractivity contribution in [2.24, 2.45) is 0 Å². The summed E-state index contributed by atoms with van der Waals surface area (Å²) in [5, 5.41) is 12.0. The monoisotopic (exact) mass is 396 g/mol. The van der Waals surface area contributed by atoms with E-state index in [9.17, 15) is 9.18 Å². The van der Waals surface area contributed by atoms with Crippen LogP contribution in [0.3, 0.4) is 0 Å². The molecule has 3 aromatic rings. The Bertz CT molecular complexity index is 943. The SMILES string of the molecule is C=CCn1c(SCC(=O)NCCc2ccccc2F)nnc1-c1ccccc1. The molecule has 0 saturated heterocycles. The summed E-state index contributed by atoms with van der Waals surface area (Å²) in [7, 11) is 0. The van der Waals surface area contributed by atoms with Crippen LogP contribution in [0.5, 0.6) is 0 Å². The molecular formula is C21H21FN4OS. The molecule has 0 aliphatic carbocycles. The van der Waals surface area contributed by atoms with Crippen molar-refractivity contribution in [3.8, 4) is 11.4 Å². The molecule has 0 unspecified atom stereocenters. The molecule has 2 aromatic carbocycles. The van der Waals surface area contributed by atoms with Gasteiger partial charge in [0.05, 0.1) is 5.75 Å². The summed E-state index contributed by atoms with van der Waals surface area (Å²) in [6.45, 7) is 4.72. The second kappa shape index (κ2) is 9.85. The number of hydrogen-bond donors (Lipinski definition) is 1. The molecule has 5 nitrogen and oxygen atoms in total. The van der Waals surface area contributed by atoms with Gasteiger partial charge in [-0.2, -0.15) is 0 Å². The Morgan fingerprint density at radius 1 is 1.14 bits per heavy atom. The minimum absolute atomic E-state index is 0.129. The number of nitrogens with one attached hydrogen (secondary N) is 1. The van der Waals surface area contributed by atoms with Crippen LogP contribution in [-0.4, -0.2) is 33.0 Å². The molecule has 1 heterocycles. The first-order valence-corrected chi connectivity index (χ1v) is 9.90. The summed E-state index contributed by atoms with van der Waals surface area (Å²) in [5.41, 5.74) is 1.55. The van der Waals surface area contributed by atoms with Gasteiger partial charge in [0, 0.05) is 18.7 Å². The minimum atomic E-state index is -0.253. The zero-order valence-electron chi connectivity index (χ0n) is 15.3. The van der Waals surface area contributed by atoms with Crippen LogP contribution in [-0.2, 0) is 17.8 Å². The minimum Gasteiger partial charge on any atom is -0.355 e. The number of benzene rings is 2. The molecular weight excluding hydrogens is 375 g/mol. The summed E-state index contributed by atoms with van der Waals surface area (Å²) in [5.74, 6) is 0.567. The summed E-state index contributed by atoms with van der Waals surface area (Å²) < 4.78 is 15.5. The smallest absolute Gasteiger partial charge is 0.230 e. The molecule has 144 valence electrons. The molecule has 1 N–H and O–H groups in total. The van der Waals surface area contributed by atoms with Gasteiger partial charge in [-0.3, -0.25) is 9.36 Å². The zero-order chi connectivity index (χ0) is 19.8. The Balaban J connectivity index is 1.56. The van der Waals surface area contributed by atoms with Crippen LogP contribution in [0.4, 0.5) is 4.39 Å². The fourth-order valence-electron chi connectivity index (χ4n) is 2.71. The first-order chi connectivity index (χ1) is 13.7. The molecule has 0 saturated carbocycles. The number of rotatable bonds is 9. The van der Waals surface area contributed by atoms with Gasteiger partial charge in [0.1, 0.15) is 5.82 Å². The summed E-state index contributed by atoms with van der Waals surface area (Å²) in [4.78, 5) is 12.1. The Labute approximate surface area is 167 Å². The third-order valence-corrected chi connectivity index (χ3v) is 5.03. The van der Waals surface area contributed by atoms with Crippen molar-refractivity contribution < 1.29 is 9.18 Å². The molecule has 0 bridgehead atoms. The Hall–Kier alpha value is -2.93. The van der Waals surface area contributed by atoms with Crippen LogP contribution in [0.25, 0.3) is 11.4 Å². The van der Waals surface area contributed by atoms with Crippen LogP contribution in [0.2, 0.25) is 0 Å². The largest absolute Gasteiger partial charge is 0.355 e. The van der Waals surface area contributed by atoms with Gasteiger partial charge in [-0.05, 0) is 18.1 Å². The number of halogens is 1. The molecule has 1 aromatic heterocycles. The highest BCUT2D eigenvalue weighted by molar-refractivity contribution is 7.99. The molecule has 3 rings (SSSR count). The van der Waals surface area contributed by atoms with Gasteiger partial charge in [-0.15, -0.1) is 16.8 Å². The summed E-state index contributed by atoms with van der Waals surface area (Å²) in [6, 6.07) is 16.3. The Morgan fingerprint density at radius 2 is 1.89 bits per heavy atom. The summed E-state index contributed by atoms with van der Waals surface area (Å²) in [6.07, 6.45) is 2.22. The third kappa shape index (κ3) is 5.07. The predicted octanol–water partition coefficient (Wildman–Crippen LogP) is 3.72. The lowest BCUT2D eigenvalue weighted by Crippen LogP contribution is -2.27. The Morgan fingerprint density at radius 3 is 2.64 bits per heavy atom. The molecule has 0 spiro atoms. The molecule has 0 atom stereocenters. The van der Waals surface area contributed by atoms with E-state index >= 15 is 0 Å². The van der Waals surface area contributed by atoms with Gasteiger partial charge in [-0.1, -0.05) is 66.4 Å². The van der Waals surface area contributed by atoms with Crippen molar-refractivity contribution in [3.63, 3.8) is 0 Å². The van der Waals surface area contributed by atoms with Crippen molar-refractivity contribution in [2.75, 3.05) is 12.3 Å². The topological polar surface area (TPSA) is 59.8 Å². The second-order valence-electron chi connectivity index (χ2n) is 6.05. The normalized spacial score (nSPS) is 10.6. The van der Waals surface area contributed by atoms with E-state index in [-0.39, 0.29) is 17.5 Å². The maximum absolute atomic E-state index is 13.6. The fourth-order valence-corrected chi connectivity index (χ4v) is 3.49. The van der Waals surface area contributed by atoms with Gasteiger partial charge < -0.3 is 5.32 Å². The number of carbonyl (C=O) groups excluding carboxylic acids is 1. The van der Waals surface area contributed by atoms with Crippen molar-refractivity contribution in [2.45, 2.75) is 18.1 Å². The number of aromatic nitrogens is 3. The van der Waals surface area contributed by atoms with E-state index in [0.717, 1.165) is 11.4 Å². The van der Waals surface area contributed by atoms with Gasteiger partial charge in [0.15, 0.2) is 11.0 Å². The molecule has 0 aliphatic heterocycles. The first kappa shape index (κ1) is 19.8. The predicted molar refractivity (Wildman–Crippen MR) is 109 cm³/mol. The van der Waals surface area contributed by atoms with Crippen molar-refractivity contribution in [3.05, 3.63) is 78.6 Å². The average Bonchev–Trinajstić information content (AvgIpc) is 3.11. The first-order valence-electron chi connectivity index (χ1n) is 8.91. The fraction of sp³-hybridized carbons (Fsp3) is 0.190. The lowest BCUT2D eigenvalue weighted by molar-refractivity contribution is -0.118. The quantitative estimate of drug-likeness (QED) is 0.442. The number of carbonyl (C=O) groups is 1. The van der Waals surface area contributed by atoms with Crippen molar-refractivity contribution in [1.29, 1.82) is 0 Å². The maximum Gasteiger partial charge on any atom is 0.230 e. The molecule has 0 fully saturated rings. The van der Waals surface area contributed by atoms with Crippen molar-refractivity contribution in [1.82, 2.24) is 20.1 Å². The van der Waals surface area contributed by atoms with Gasteiger partial charge >= 0.3 is 0 Å². The van der Waals surface area contributed by atoms with Crippen molar-refractivity contribution >= 4 is 17.7 Å². The highest BCUT2D eigenvalue weighted by Gasteiger charge is 2.14. The van der Waals surface area contributed by atoms with Gasteiger partial charge in [-0.25, -0.2) is 4.39 Å². The maximum atomic E-state index is 13.6. The van der Waals surface area contributed by atoms with E-state index in [2.05, 4.69) is 22.1 Å². The number of allylic oxidation sites excluding steroid dienone is 1. The van der Waals surface area contributed by atoms with E-state index in [1.54, 1.807) is 24.3 Å². The average molecular weight is 396 g/mol. The van der Waals surface area contributed by atoms with Crippen LogP contribution in [0.1, 0.15) is 5.56 Å². The Kier molecular flexibility index (Phi) is 6.97. The number of thioether (sulfide) groups is 1. The molecule has 7 heteroatoms. The molecule has 1 amide bonds. The van der Waals surface area contributed by atoms with E-state index < -0.39 is 0 Å². The number of hydrogen-bond acceptors (Lipinski definition) is 4. The van der Waals surface area contributed by atoms with E-state index in [4.69, 9.17) is 0 Å². The van der Waals surface area contributed by atoms with Crippen LogP contribution in [0, 0.1) is 5.82 Å². The third-order valence-electron chi connectivity index (χ3n) is 4.07. The molecule has 28 heavy (non-hydrogen) atoms. The van der Waals surface area contributed by atoms with Gasteiger partial charge in [0.25, 0.3) is 0 Å². The second-order valence-corrected chi connectivity index (χ2v) is 6.99. The highest BCUT2D eigenvalue weighted by atomic mass is 32.2. The van der Waals surface area contributed by atoms with Crippen LogP contribution < -0.4 is 5.32 Å². The number of nitrogens with zero attached hydrogens (tertiary/aromatic N) is 3. The van der Waals surface area contributed by atoms with Crippen LogP contribution >= 0.6 is 11.8 Å². The number of amides is 1. The summed E-state index contributed by atoms with van der Waals surface area (Å²) >= 11 is 1.32.